The summed E-state index contributed by atoms with van der Waals surface area (Å²) < 4.78 is 5.11. The molecule has 0 aliphatic rings. The van der Waals surface area contributed by atoms with Crippen LogP contribution < -0.4 is 16.0 Å². The van der Waals surface area contributed by atoms with Gasteiger partial charge in [-0.3, -0.25) is 4.99 Å². The molecule has 0 unspecified atom stereocenters. The second-order valence-corrected chi connectivity index (χ2v) is 4.84. The molecule has 7 heteroatoms. The van der Waals surface area contributed by atoms with Crippen molar-refractivity contribution in [3.05, 3.63) is 0 Å². The molecular formula is C13H25IN4O2. The Hall–Kier alpha value is -1.17. The van der Waals surface area contributed by atoms with Crippen LogP contribution in [0.2, 0.25) is 0 Å². The van der Waals surface area contributed by atoms with Gasteiger partial charge in [0.05, 0.1) is 6.54 Å². The lowest BCUT2D eigenvalue weighted by atomic mass is 10.2. The number of hydrogen-bond acceptors (Lipinski definition) is 3. The Labute approximate surface area is 138 Å². The molecule has 0 saturated heterocycles. The van der Waals surface area contributed by atoms with E-state index in [9.17, 15) is 4.79 Å². The maximum atomic E-state index is 11.3. The largest absolute Gasteiger partial charge is 0.444 e. The minimum atomic E-state index is -0.469. The predicted octanol–water partition coefficient (Wildman–Crippen LogP) is 1.32. The number of aliphatic imine (C=N–C) groups is 1. The summed E-state index contributed by atoms with van der Waals surface area (Å²) >= 11 is 0. The third-order valence-corrected chi connectivity index (χ3v) is 1.90. The van der Waals surface area contributed by atoms with Gasteiger partial charge in [0.15, 0.2) is 5.96 Å². The SMILES string of the molecule is C#CCNC(=NC)NCCCNC(=O)OC(C)(C)C.I. The van der Waals surface area contributed by atoms with Crippen LogP contribution in [0.25, 0.3) is 0 Å². The number of halogens is 1. The van der Waals surface area contributed by atoms with Crippen molar-refractivity contribution in [2.75, 3.05) is 26.7 Å². The van der Waals surface area contributed by atoms with Gasteiger partial charge in [0.25, 0.3) is 0 Å². The smallest absolute Gasteiger partial charge is 0.407 e. The topological polar surface area (TPSA) is 74.8 Å². The molecule has 0 saturated carbocycles. The van der Waals surface area contributed by atoms with E-state index in [1.54, 1.807) is 7.05 Å². The van der Waals surface area contributed by atoms with Gasteiger partial charge in [-0.2, -0.15) is 0 Å². The van der Waals surface area contributed by atoms with Gasteiger partial charge in [-0.05, 0) is 27.2 Å². The lowest BCUT2D eigenvalue weighted by Gasteiger charge is -2.19. The third-order valence-electron chi connectivity index (χ3n) is 1.90. The van der Waals surface area contributed by atoms with Crippen LogP contribution in [-0.4, -0.2) is 44.3 Å². The zero-order chi connectivity index (χ0) is 14.7. The molecule has 1 amide bonds. The van der Waals surface area contributed by atoms with Crippen LogP contribution in [0.4, 0.5) is 4.79 Å². The van der Waals surface area contributed by atoms with Crippen molar-refractivity contribution < 1.29 is 9.53 Å². The lowest BCUT2D eigenvalue weighted by Crippen LogP contribution is -2.39. The quantitative estimate of drug-likeness (QED) is 0.216. The normalized spacial score (nSPS) is 10.8. The Kier molecular flexibility index (Phi) is 12.3. The van der Waals surface area contributed by atoms with Gasteiger partial charge < -0.3 is 20.7 Å². The molecule has 20 heavy (non-hydrogen) atoms. The van der Waals surface area contributed by atoms with E-state index in [1.807, 2.05) is 20.8 Å². The first-order chi connectivity index (χ1) is 8.89. The summed E-state index contributed by atoms with van der Waals surface area (Å²) in [6.45, 7) is 7.13. The van der Waals surface area contributed by atoms with Crippen molar-refractivity contribution in [1.82, 2.24) is 16.0 Å². The van der Waals surface area contributed by atoms with Crippen molar-refractivity contribution in [1.29, 1.82) is 0 Å². The van der Waals surface area contributed by atoms with Crippen LogP contribution in [-0.2, 0) is 4.74 Å². The number of ether oxygens (including phenoxy) is 1. The van der Waals surface area contributed by atoms with Crippen LogP contribution in [0.15, 0.2) is 4.99 Å². The summed E-state index contributed by atoms with van der Waals surface area (Å²) in [6.07, 6.45) is 5.49. The van der Waals surface area contributed by atoms with E-state index in [2.05, 4.69) is 26.9 Å². The number of carbonyl (C=O) groups is 1. The summed E-state index contributed by atoms with van der Waals surface area (Å²) in [5, 5.41) is 8.70. The Morgan fingerprint density at radius 1 is 1.25 bits per heavy atom. The van der Waals surface area contributed by atoms with E-state index in [0.29, 0.717) is 25.6 Å². The molecule has 0 aromatic carbocycles. The molecule has 0 heterocycles. The zero-order valence-electron chi connectivity index (χ0n) is 12.6. The summed E-state index contributed by atoms with van der Waals surface area (Å²) in [7, 11) is 1.67. The maximum Gasteiger partial charge on any atom is 0.407 e. The van der Waals surface area contributed by atoms with E-state index in [0.717, 1.165) is 6.42 Å². The maximum absolute atomic E-state index is 11.3. The summed E-state index contributed by atoms with van der Waals surface area (Å²) in [5.74, 6) is 3.11. The molecule has 0 aliphatic heterocycles. The zero-order valence-corrected chi connectivity index (χ0v) is 14.9. The van der Waals surface area contributed by atoms with Crippen LogP contribution >= 0.6 is 24.0 Å². The molecule has 3 N–H and O–H groups in total. The molecule has 0 fully saturated rings. The van der Waals surface area contributed by atoms with Crippen LogP contribution in [0.3, 0.4) is 0 Å². The van der Waals surface area contributed by atoms with Crippen molar-refractivity contribution >= 4 is 36.0 Å². The van der Waals surface area contributed by atoms with Gasteiger partial charge in [-0.25, -0.2) is 4.79 Å². The van der Waals surface area contributed by atoms with Crippen molar-refractivity contribution in [3.8, 4) is 12.3 Å². The fourth-order valence-electron chi connectivity index (χ4n) is 1.16. The molecule has 0 radical (unpaired) electrons. The summed E-state index contributed by atoms with van der Waals surface area (Å²) in [6, 6.07) is 0. The number of nitrogens with one attached hydrogen (secondary N) is 3. The number of amides is 1. The van der Waals surface area contributed by atoms with Crippen LogP contribution in [0.1, 0.15) is 27.2 Å². The fourth-order valence-corrected chi connectivity index (χ4v) is 1.16. The highest BCUT2D eigenvalue weighted by molar-refractivity contribution is 14.0. The molecule has 6 nitrogen and oxygen atoms in total. The summed E-state index contributed by atoms with van der Waals surface area (Å²) in [5.41, 5.74) is -0.469. The first kappa shape index (κ1) is 21.1. The second-order valence-electron chi connectivity index (χ2n) is 4.84. The average molecular weight is 396 g/mol. The monoisotopic (exact) mass is 396 g/mol. The minimum Gasteiger partial charge on any atom is -0.444 e. The lowest BCUT2D eigenvalue weighted by molar-refractivity contribution is 0.0527. The molecular weight excluding hydrogens is 371 g/mol. The van der Waals surface area contributed by atoms with Gasteiger partial charge in [0.2, 0.25) is 0 Å². The van der Waals surface area contributed by atoms with Gasteiger partial charge in [-0.15, -0.1) is 30.4 Å². The Morgan fingerprint density at radius 2 is 1.85 bits per heavy atom. The highest BCUT2D eigenvalue weighted by Gasteiger charge is 2.15. The minimum absolute atomic E-state index is 0. The number of carbonyl (C=O) groups excluding carboxylic acids is 1. The van der Waals surface area contributed by atoms with Crippen molar-refractivity contribution in [2.45, 2.75) is 32.8 Å². The van der Waals surface area contributed by atoms with Gasteiger partial charge in [0.1, 0.15) is 5.60 Å². The Morgan fingerprint density at radius 3 is 2.35 bits per heavy atom. The number of alkyl carbamates (subject to hydrolysis) is 1. The number of guanidine groups is 1. The highest BCUT2D eigenvalue weighted by atomic mass is 127. The number of rotatable bonds is 5. The van der Waals surface area contributed by atoms with E-state index in [1.165, 1.54) is 0 Å². The first-order valence-corrected chi connectivity index (χ1v) is 6.24. The van der Waals surface area contributed by atoms with E-state index in [4.69, 9.17) is 11.2 Å². The number of terminal acetylenes is 1. The van der Waals surface area contributed by atoms with Crippen LogP contribution in [0, 0.1) is 12.3 Å². The average Bonchev–Trinajstić information content (AvgIpc) is 2.30. The predicted molar refractivity (Wildman–Crippen MR) is 92.5 cm³/mol. The Balaban J connectivity index is 0. The summed E-state index contributed by atoms with van der Waals surface area (Å²) in [4.78, 5) is 15.3. The van der Waals surface area contributed by atoms with E-state index >= 15 is 0 Å². The number of nitrogens with zero attached hydrogens (tertiary/aromatic N) is 1. The Bertz CT molecular complexity index is 345. The molecule has 0 aromatic heterocycles. The van der Waals surface area contributed by atoms with Crippen molar-refractivity contribution in [2.24, 2.45) is 4.99 Å². The molecule has 0 aromatic rings. The van der Waals surface area contributed by atoms with Gasteiger partial charge in [-0.1, -0.05) is 5.92 Å². The molecule has 0 bridgehead atoms. The second kappa shape index (κ2) is 11.6. The fraction of sp³-hybridized carbons (Fsp3) is 0.692. The van der Waals surface area contributed by atoms with Crippen molar-refractivity contribution in [3.63, 3.8) is 0 Å². The third kappa shape index (κ3) is 13.3. The van der Waals surface area contributed by atoms with Gasteiger partial charge in [0, 0.05) is 20.1 Å². The highest BCUT2D eigenvalue weighted by Crippen LogP contribution is 2.06. The molecule has 0 aliphatic carbocycles. The van der Waals surface area contributed by atoms with E-state index in [-0.39, 0.29) is 24.0 Å². The first-order valence-electron chi connectivity index (χ1n) is 6.24. The number of hydrogen-bond donors (Lipinski definition) is 3. The molecule has 0 rings (SSSR count). The van der Waals surface area contributed by atoms with Crippen LogP contribution in [0.5, 0.6) is 0 Å². The van der Waals surface area contributed by atoms with E-state index < -0.39 is 11.7 Å². The van der Waals surface area contributed by atoms with Gasteiger partial charge >= 0.3 is 6.09 Å². The standard InChI is InChI=1S/C13H24N4O2.HI/c1-6-8-15-11(14-5)16-9-7-10-17-12(18)19-13(2,3)4;/h1H,7-10H2,2-5H3,(H,17,18)(H2,14,15,16);1H. The molecule has 116 valence electrons. The molecule has 0 atom stereocenters. The molecule has 0 spiro atoms.